The molecule has 0 aromatic heterocycles. The Balaban J connectivity index is 1.78. The van der Waals surface area contributed by atoms with Gasteiger partial charge in [-0.2, -0.15) is 5.26 Å². The van der Waals surface area contributed by atoms with Crippen LogP contribution in [0.4, 0.5) is 4.79 Å². The summed E-state index contributed by atoms with van der Waals surface area (Å²) in [6.45, 7) is 1.43. The van der Waals surface area contributed by atoms with Crippen molar-refractivity contribution >= 4 is 6.03 Å². The highest BCUT2D eigenvalue weighted by atomic mass is 16.5. The largest absolute Gasteiger partial charge is 0.380 e. The number of nitrogens with one attached hydrogen (secondary N) is 2. The van der Waals surface area contributed by atoms with Crippen LogP contribution in [0, 0.1) is 11.3 Å². The molecule has 2 rings (SSSR count). The molecule has 0 radical (unpaired) electrons. The van der Waals surface area contributed by atoms with Crippen molar-refractivity contribution in [3.05, 3.63) is 70.8 Å². The first-order chi connectivity index (χ1) is 11.2. The SMILES string of the molecule is COCc1cccc(CNC(=O)NCc2ccc(C#N)cc2)c1. The summed E-state index contributed by atoms with van der Waals surface area (Å²) in [7, 11) is 1.65. The number of urea groups is 1. The molecule has 0 aliphatic rings. The highest BCUT2D eigenvalue weighted by Gasteiger charge is 2.02. The van der Waals surface area contributed by atoms with E-state index in [1.165, 1.54) is 0 Å². The average molecular weight is 309 g/mol. The number of hydrogen-bond donors (Lipinski definition) is 2. The highest BCUT2D eigenvalue weighted by molar-refractivity contribution is 5.73. The minimum atomic E-state index is -0.230. The van der Waals surface area contributed by atoms with Crippen molar-refractivity contribution in [3.8, 4) is 6.07 Å². The number of amides is 2. The van der Waals surface area contributed by atoms with Crippen LogP contribution in [-0.4, -0.2) is 13.1 Å². The first-order valence-corrected chi connectivity index (χ1v) is 7.29. The zero-order valence-corrected chi connectivity index (χ0v) is 13.0. The van der Waals surface area contributed by atoms with Crippen LogP contribution in [0.1, 0.15) is 22.3 Å². The average Bonchev–Trinajstić information content (AvgIpc) is 2.59. The molecule has 0 spiro atoms. The van der Waals surface area contributed by atoms with Gasteiger partial charge in [-0.05, 0) is 28.8 Å². The third-order valence-electron chi connectivity index (χ3n) is 3.29. The fraction of sp³-hybridized carbons (Fsp3) is 0.222. The van der Waals surface area contributed by atoms with Crippen LogP contribution in [0.5, 0.6) is 0 Å². The van der Waals surface area contributed by atoms with Crippen LogP contribution in [0.25, 0.3) is 0 Å². The van der Waals surface area contributed by atoms with Crippen molar-refractivity contribution in [1.29, 1.82) is 5.26 Å². The van der Waals surface area contributed by atoms with E-state index in [0.717, 1.165) is 16.7 Å². The predicted octanol–water partition coefficient (Wildman–Crippen LogP) is 2.70. The lowest BCUT2D eigenvalue weighted by Gasteiger charge is -2.09. The van der Waals surface area contributed by atoms with Gasteiger partial charge in [-0.1, -0.05) is 36.4 Å². The first kappa shape index (κ1) is 16.5. The number of benzene rings is 2. The van der Waals surface area contributed by atoms with Gasteiger partial charge in [0.1, 0.15) is 0 Å². The Morgan fingerprint density at radius 3 is 2.35 bits per heavy atom. The minimum absolute atomic E-state index is 0.230. The van der Waals surface area contributed by atoms with Crippen LogP contribution in [0.3, 0.4) is 0 Å². The summed E-state index contributed by atoms with van der Waals surface area (Å²) in [6.07, 6.45) is 0. The van der Waals surface area contributed by atoms with Gasteiger partial charge in [0.05, 0.1) is 18.2 Å². The third kappa shape index (κ3) is 5.46. The number of hydrogen-bond acceptors (Lipinski definition) is 3. The Kier molecular flexibility index (Phi) is 6.16. The normalized spacial score (nSPS) is 9.91. The van der Waals surface area contributed by atoms with E-state index in [2.05, 4.69) is 16.7 Å². The molecule has 2 aromatic rings. The molecule has 5 nitrogen and oxygen atoms in total. The van der Waals surface area contributed by atoms with Gasteiger partial charge in [-0.3, -0.25) is 0 Å². The Morgan fingerprint density at radius 1 is 1.04 bits per heavy atom. The molecule has 2 N–H and O–H groups in total. The van der Waals surface area contributed by atoms with Crippen LogP contribution < -0.4 is 10.6 Å². The molecule has 0 saturated heterocycles. The summed E-state index contributed by atoms with van der Waals surface area (Å²) in [5.74, 6) is 0. The molecule has 0 fully saturated rings. The number of carbonyl (C=O) groups is 1. The van der Waals surface area contributed by atoms with Crippen molar-refractivity contribution in [2.45, 2.75) is 19.7 Å². The minimum Gasteiger partial charge on any atom is -0.380 e. The molecule has 2 amide bonds. The molecular weight excluding hydrogens is 290 g/mol. The van der Waals surface area contributed by atoms with Gasteiger partial charge in [0.15, 0.2) is 0 Å². The summed E-state index contributed by atoms with van der Waals surface area (Å²) >= 11 is 0. The van der Waals surface area contributed by atoms with Gasteiger partial charge in [-0.25, -0.2) is 4.79 Å². The molecule has 0 saturated carbocycles. The van der Waals surface area contributed by atoms with Gasteiger partial charge >= 0.3 is 6.03 Å². The summed E-state index contributed by atoms with van der Waals surface area (Å²) in [5, 5.41) is 14.3. The molecule has 118 valence electrons. The standard InChI is InChI=1S/C18H19N3O2/c1-23-13-17-4-2-3-16(9-17)12-21-18(22)20-11-15-7-5-14(10-19)6-8-15/h2-9H,11-13H2,1H3,(H2,20,21,22). The fourth-order valence-electron chi connectivity index (χ4n) is 2.12. The number of carbonyl (C=O) groups excluding carboxylic acids is 1. The molecular formula is C18H19N3O2. The monoisotopic (exact) mass is 309 g/mol. The van der Waals surface area contributed by atoms with Crippen molar-refractivity contribution < 1.29 is 9.53 Å². The maximum absolute atomic E-state index is 11.8. The summed E-state index contributed by atoms with van der Waals surface area (Å²) in [4.78, 5) is 11.8. The number of rotatable bonds is 6. The van der Waals surface area contributed by atoms with E-state index in [9.17, 15) is 4.79 Å². The van der Waals surface area contributed by atoms with Gasteiger partial charge in [0, 0.05) is 20.2 Å². The Bertz CT molecular complexity index is 690. The van der Waals surface area contributed by atoms with Gasteiger partial charge in [-0.15, -0.1) is 0 Å². The lowest BCUT2D eigenvalue weighted by atomic mass is 10.1. The Hall–Kier alpha value is -2.84. The van der Waals surface area contributed by atoms with Crippen LogP contribution in [-0.2, 0) is 24.4 Å². The quantitative estimate of drug-likeness (QED) is 0.861. The van der Waals surface area contributed by atoms with Crippen LogP contribution in [0.15, 0.2) is 48.5 Å². The second-order valence-corrected chi connectivity index (χ2v) is 5.10. The molecule has 0 unspecified atom stereocenters. The van der Waals surface area contributed by atoms with E-state index in [-0.39, 0.29) is 6.03 Å². The smallest absolute Gasteiger partial charge is 0.315 e. The lowest BCUT2D eigenvalue weighted by Crippen LogP contribution is -2.34. The van der Waals surface area contributed by atoms with E-state index in [1.54, 1.807) is 19.2 Å². The maximum Gasteiger partial charge on any atom is 0.315 e. The number of nitrogens with zero attached hydrogens (tertiary/aromatic N) is 1. The molecule has 23 heavy (non-hydrogen) atoms. The lowest BCUT2D eigenvalue weighted by molar-refractivity contribution is 0.185. The van der Waals surface area contributed by atoms with Gasteiger partial charge in [0.25, 0.3) is 0 Å². The molecule has 0 atom stereocenters. The zero-order valence-electron chi connectivity index (χ0n) is 13.0. The zero-order chi connectivity index (χ0) is 16.5. The Labute approximate surface area is 135 Å². The summed E-state index contributed by atoms with van der Waals surface area (Å²) in [6, 6.07) is 16.8. The second kappa shape index (κ2) is 8.57. The van der Waals surface area contributed by atoms with E-state index >= 15 is 0 Å². The molecule has 2 aromatic carbocycles. The Morgan fingerprint density at radius 2 is 1.70 bits per heavy atom. The van der Waals surface area contributed by atoms with Crippen molar-refractivity contribution in [2.75, 3.05) is 7.11 Å². The first-order valence-electron chi connectivity index (χ1n) is 7.29. The van der Waals surface area contributed by atoms with E-state index in [1.807, 2.05) is 36.4 Å². The van der Waals surface area contributed by atoms with Crippen LogP contribution in [0.2, 0.25) is 0 Å². The second-order valence-electron chi connectivity index (χ2n) is 5.10. The molecule has 5 heteroatoms. The predicted molar refractivity (Wildman–Crippen MR) is 87.4 cm³/mol. The van der Waals surface area contributed by atoms with Crippen molar-refractivity contribution in [1.82, 2.24) is 10.6 Å². The maximum atomic E-state index is 11.8. The highest BCUT2D eigenvalue weighted by Crippen LogP contribution is 2.06. The number of methoxy groups -OCH3 is 1. The molecule has 0 aliphatic heterocycles. The van der Waals surface area contributed by atoms with Gasteiger partial charge in [0.2, 0.25) is 0 Å². The summed E-state index contributed by atoms with van der Waals surface area (Å²) < 4.78 is 5.09. The number of nitriles is 1. The molecule has 0 heterocycles. The summed E-state index contributed by atoms with van der Waals surface area (Å²) in [5.41, 5.74) is 3.65. The van der Waals surface area contributed by atoms with E-state index < -0.39 is 0 Å². The topological polar surface area (TPSA) is 74.2 Å². The van der Waals surface area contributed by atoms with E-state index in [0.29, 0.717) is 25.3 Å². The van der Waals surface area contributed by atoms with Crippen molar-refractivity contribution in [3.63, 3.8) is 0 Å². The van der Waals surface area contributed by atoms with Crippen molar-refractivity contribution in [2.24, 2.45) is 0 Å². The number of ether oxygens (including phenoxy) is 1. The van der Waals surface area contributed by atoms with Gasteiger partial charge < -0.3 is 15.4 Å². The molecule has 0 aliphatic carbocycles. The van der Waals surface area contributed by atoms with Crippen LogP contribution >= 0.6 is 0 Å². The van der Waals surface area contributed by atoms with E-state index in [4.69, 9.17) is 10.00 Å². The molecule has 0 bridgehead atoms. The fourth-order valence-corrected chi connectivity index (χ4v) is 2.12. The third-order valence-corrected chi connectivity index (χ3v) is 3.29.